The normalized spacial score (nSPS) is 10.7. The Labute approximate surface area is 109 Å². The van der Waals surface area contributed by atoms with Crippen LogP contribution in [0, 0.1) is 6.92 Å². The Kier molecular flexibility index (Phi) is 2.90. The third-order valence-corrected chi connectivity index (χ3v) is 3.77. The van der Waals surface area contributed by atoms with E-state index in [0.29, 0.717) is 0 Å². The molecule has 0 aliphatic carbocycles. The van der Waals surface area contributed by atoms with E-state index in [4.69, 9.17) is 0 Å². The molecule has 3 rings (SSSR count). The molecule has 90 valence electrons. The third-order valence-electron chi connectivity index (χ3n) is 2.83. The Balaban J connectivity index is 1.89. The number of aromatic nitrogens is 3. The molecule has 0 spiro atoms. The van der Waals surface area contributed by atoms with Crippen molar-refractivity contribution in [2.75, 3.05) is 5.32 Å². The smallest absolute Gasteiger partial charge is 0.0950 e. The summed E-state index contributed by atoms with van der Waals surface area (Å²) in [7, 11) is 0. The first-order valence-electron chi connectivity index (χ1n) is 5.68. The second-order valence-electron chi connectivity index (χ2n) is 3.99. The summed E-state index contributed by atoms with van der Waals surface area (Å²) in [5.74, 6) is 0. The molecule has 5 heteroatoms. The van der Waals surface area contributed by atoms with Gasteiger partial charge in [-0.25, -0.2) is 4.98 Å². The van der Waals surface area contributed by atoms with E-state index in [-0.39, 0.29) is 0 Å². The zero-order valence-corrected chi connectivity index (χ0v) is 10.7. The quantitative estimate of drug-likeness (QED) is 0.782. The molecule has 2 aromatic heterocycles. The van der Waals surface area contributed by atoms with Crippen LogP contribution in [-0.4, -0.2) is 15.2 Å². The van der Waals surface area contributed by atoms with E-state index < -0.39 is 0 Å². The predicted octanol–water partition coefficient (Wildman–Crippen LogP) is 3.01. The van der Waals surface area contributed by atoms with Crippen molar-refractivity contribution < 1.29 is 0 Å². The fourth-order valence-corrected chi connectivity index (χ4v) is 2.54. The average molecular weight is 256 g/mol. The van der Waals surface area contributed by atoms with Gasteiger partial charge < -0.3 is 5.32 Å². The maximum Gasteiger partial charge on any atom is 0.0950 e. The molecule has 0 bridgehead atoms. The number of thiazole rings is 1. The van der Waals surface area contributed by atoms with Crippen LogP contribution >= 0.6 is 11.3 Å². The van der Waals surface area contributed by atoms with Gasteiger partial charge in [-0.2, -0.15) is 10.2 Å². The summed E-state index contributed by atoms with van der Waals surface area (Å²) >= 11 is 1.66. The predicted molar refractivity (Wildman–Crippen MR) is 73.7 cm³/mol. The summed E-state index contributed by atoms with van der Waals surface area (Å²) in [6, 6.07) is 7.98. The van der Waals surface area contributed by atoms with Crippen LogP contribution in [0.25, 0.3) is 10.9 Å². The third kappa shape index (κ3) is 2.04. The minimum atomic E-state index is 0.770. The van der Waals surface area contributed by atoms with Gasteiger partial charge in [0, 0.05) is 10.3 Å². The molecular formula is C13H12N4S. The Hall–Kier alpha value is -2.01. The van der Waals surface area contributed by atoms with Gasteiger partial charge in [0.05, 0.1) is 35.2 Å². The molecule has 0 saturated heterocycles. The van der Waals surface area contributed by atoms with Gasteiger partial charge in [0.1, 0.15) is 0 Å². The fraction of sp³-hybridized carbons (Fsp3) is 0.154. The molecule has 0 radical (unpaired) electrons. The van der Waals surface area contributed by atoms with Gasteiger partial charge in [0.25, 0.3) is 0 Å². The van der Waals surface area contributed by atoms with Crippen molar-refractivity contribution in [3.05, 3.63) is 46.5 Å². The highest BCUT2D eigenvalue weighted by Crippen LogP contribution is 2.21. The number of nitrogens with zero attached hydrogens (tertiary/aromatic N) is 3. The van der Waals surface area contributed by atoms with Gasteiger partial charge in [-0.3, -0.25) is 0 Å². The van der Waals surface area contributed by atoms with Gasteiger partial charge >= 0.3 is 0 Å². The van der Waals surface area contributed by atoms with Gasteiger partial charge in [0.15, 0.2) is 0 Å². The number of fused-ring (bicyclic) bond motifs is 1. The van der Waals surface area contributed by atoms with Crippen LogP contribution < -0.4 is 5.32 Å². The zero-order chi connectivity index (χ0) is 12.4. The first-order chi connectivity index (χ1) is 8.84. The Morgan fingerprint density at radius 3 is 3.00 bits per heavy atom. The number of anilines is 1. The van der Waals surface area contributed by atoms with Crippen LogP contribution in [0.15, 0.2) is 36.0 Å². The lowest BCUT2D eigenvalue weighted by Gasteiger charge is -2.07. The highest BCUT2D eigenvalue weighted by atomic mass is 32.1. The van der Waals surface area contributed by atoms with Crippen LogP contribution in [0.3, 0.4) is 0 Å². The second-order valence-corrected chi connectivity index (χ2v) is 4.93. The Morgan fingerprint density at radius 1 is 1.28 bits per heavy atom. The van der Waals surface area contributed by atoms with E-state index in [1.54, 1.807) is 17.5 Å². The lowest BCUT2D eigenvalue weighted by Crippen LogP contribution is -2.01. The van der Waals surface area contributed by atoms with Crippen molar-refractivity contribution >= 4 is 27.9 Å². The molecule has 3 aromatic rings. The van der Waals surface area contributed by atoms with Crippen LogP contribution in [0.1, 0.15) is 10.6 Å². The summed E-state index contributed by atoms with van der Waals surface area (Å²) in [6.07, 6.45) is 1.76. The maximum absolute atomic E-state index is 4.24. The number of hydrogen-bond donors (Lipinski definition) is 1. The van der Waals surface area contributed by atoms with Crippen LogP contribution in [-0.2, 0) is 6.54 Å². The van der Waals surface area contributed by atoms with Crippen molar-refractivity contribution in [2.24, 2.45) is 0 Å². The van der Waals surface area contributed by atoms with Gasteiger partial charge in [0.2, 0.25) is 0 Å². The molecule has 4 nitrogen and oxygen atoms in total. The van der Waals surface area contributed by atoms with E-state index in [2.05, 4.69) is 20.5 Å². The lowest BCUT2D eigenvalue weighted by atomic mass is 10.2. The molecule has 0 unspecified atom stereocenters. The average Bonchev–Trinajstić information content (AvgIpc) is 2.82. The number of nitrogens with one attached hydrogen (secondary N) is 1. The second kappa shape index (κ2) is 4.70. The fourth-order valence-electron chi connectivity index (χ4n) is 1.82. The zero-order valence-electron chi connectivity index (χ0n) is 9.92. The summed E-state index contributed by atoms with van der Waals surface area (Å²) < 4.78 is 0. The number of benzene rings is 1. The topological polar surface area (TPSA) is 50.7 Å². The summed E-state index contributed by atoms with van der Waals surface area (Å²) in [5.41, 5.74) is 4.87. The van der Waals surface area contributed by atoms with Crippen LogP contribution in [0.2, 0.25) is 0 Å². The summed E-state index contributed by atoms with van der Waals surface area (Å²) in [5, 5.41) is 12.6. The van der Waals surface area contributed by atoms with Crippen molar-refractivity contribution in [1.82, 2.24) is 15.2 Å². The van der Waals surface area contributed by atoms with E-state index in [1.807, 2.05) is 36.7 Å². The summed E-state index contributed by atoms with van der Waals surface area (Å²) in [4.78, 5) is 5.49. The molecule has 2 heterocycles. The number of aryl methyl sites for hydroxylation is 1. The van der Waals surface area contributed by atoms with Gasteiger partial charge in [-0.1, -0.05) is 18.2 Å². The highest BCUT2D eigenvalue weighted by Gasteiger charge is 2.04. The molecule has 0 saturated carbocycles. The van der Waals surface area contributed by atoms with Gasteiger partial charge in [-0.05, 0) is 13.0 Å². The van der Waals surface area contributed by atoms with Crippen molar-refractivity contribution in [3.8, 4) is 0 Å². The number of rotatable bonds is 3. The number of hydrogen-bond acceptors (Lipinski definition) is 5. The minimum absolute atomic E-state index is 0.770. The molecule has 0 aliphatic rings. The van der Waals surface area contributed by atoms with Crippen molar-refractivity contribution in [2.45, 2.75) is 13.5 Å². The Bertz CT molecular complexity index is 672. The minimum Gasteiger partial charge on any atom is -0.378 e. The Morgan fingerprint density at radius 2 is 2.17 bits per heavy atom. The molecule has 0 atom stereocenters. The van der Waals surface area contributed by atoms with Crippen LogP contribution in [0.4, 0.5) is 5.69 Å². The molecule has 18 heavy (non-hydrogen) atoms. The summed E-state index contributed by atoms with van der Waals surface area (Å²) in [6.45, 7) is 2.79. The maximum atomic E-state index is 4.24. The largest absolute Gasteiger partial charge is 0.378 e. The van der Waals surface area contributed by atoms with E-state index >= 15 is 0 Å². The SMILES string of the molecule is Cc1ncsc1CNc1cnnc2ccccc12. The van der Waals surface area contributed by atoms with Crippen LogP contribution in [0.5, 0.6) is 0 Å². The van der Waals surface area contributed by atoms with E-state index in [0.717, 1.165) is 28.8 Å². The molecule has 0 fully saturated rings. The molecule has 0 aliphatic heterocycles. The van der Waals surface area contributed by atoms with Gasteiger partial charge in [-0.15, -0.1) is 11.3 Å². The van der Waals surface area contributed by atoms with Crippen molar-refractivity contribution in [3.63, 3.8) is 0 Å². The molecule has 1 N–H and O–H groups in total. The first-order valence-corrected chi connectivity index (χ1v) is 6.56. The standard InChI is InChI=1S/C13H12N4S/c1-9-13(18-8-15-9)7-14-12-6-16-17-11-5-3-2-4-10(11)12/h2-6,8H,7H2,1H3,(H,14,17). The van der Waals surface area contributed by atoms with E-state index in [1.165, 1.54) is 4.88 Å². The van der Waals surface area contributed by atoms with Crippen molar-refractivity contribution in [1.29, 1.82) is 0 Å². The molecular weight excluding hydrogens is 244 g/mol. The molecule has 0 amide bonds. The monoisotopic (exact) mass is 256 g/mol. The van der Waals surface area contributed by atoms with E-state index in [9.17, 15) is 0 Å². The highest BCUT2D eigenvalue weighted by molar-refractivity contribution is 7.09. The molecule has 1 aromatic carbocycles. The lowest BCUT2D eigenvalue weighted by molar-refractivity contribution is 1.06. The first kappa shape index (κ1) is 11.1.